The van der Waals surface area contributed by atoms with E-state index in [1.54, 1.807) is 48.5 Å². The van der Waals surface area contributed by atoms with Gasteiger partial charge in [0.1, 0.15) is 22.7 Å². The highest BCUT2D eigenvalue weighted by molar-refractivity contribution is 6.09. The Morgan fingerprint density at radius 2 is 1.00 bits per heavy atom. The van der Waals surface area contributed by atoms with Crippen LogP contribution in [-0.4, -0.2) is 46.1 Å². The summed E-state index contributed by atoms with van der Waals surface area (Å²) in [5, 5.41) is 8.91. The van der Waals surface area contributed by atoms with E-state index in [9.17, 15) is 18.4 Å². The first-order valence-corrected chi connectivity index (χ1v) is 14.6. The van der Waals surface area contributed by atoms with Crippen molar-refractivity contribution in [1.29, 1.82) is 0 Å². The molecule has 2 unspecified atom stereocenters. The number of benzene rings is 4. The van der Waals surface area contributed by atoms with E-state index < -0.39 is 24.0 Å². The third-order valence-electron chi connectivity index (χ3n) is 8.08. The lowest BCUT2D eigenvalue weighted by atomic mass is 10.1. The maximum atomic E-state index is 14.5. The van der Waals surface area contributed by atoms with E-state index in [1.165, 1.54) is 12.1 Å². The fourth-order valence-corrected chi connectivity index (χ4v) is 5.72. The number of aromatic nitrogens is 2. The molecule has 0 aliphatic rings. The van der Waals surface area contributed by atoms with Crippen molar-refractivity contribution >= 4 is 55.4 Å². The Kier molecular flexibility index (Phi) is 7.88. The molecule has 222 valence electrons. The van der Waals surface area contributed by atoms with Crippen molar-refractivity contribution < 1.29 is 18.4 Å². The Bertz CT molecular complexity index is 1920. The number of halogens is 2. The van der Waals surface area contributed by atoms with Gasteiger partial charge in [-0.3, -0.25) is 14.5 Å². The number of pyridine rings is 2. The molecule has 0 aliphatic heterocycles. The second kappa shape index (κ2) is 11.9. The molecule has 0 aliphatic carbocycles. The van der Waals surface area contributed by atoms with Gasteiger partial charge in [-0.05, 0) is 56.3 Å². The molecule has 9 heteroatoms. The first-order valence-electron chi connectivity index (χ1n) is 14.6. The number of carbonyl (C=O) groups is 2. The van der Waals surface area contributed by atoms with Crippen molar-refractivity contribution in [3.05, 3.63) is 108 Å². The first-order chi connectivity index (χ1) is 21.3. The van der Waals surface area contributed by atoms with Crippen LogP contribution < -0.4 is 10.6 Å². The Balaban J connectivity index is 1.25. The van der Waals surface area contributed by atoms with Crippen molar-refractivity contribution in [1.82, 2.24) is 25.5 Å². The van der Waals surface area contributed by atoms with Gasteiger partial charge in [-0.25, -0.2) is 18.7 Å². The largest absolute Gasteiger partial charge is 0.336 e. The number of para-hydroxylation sites is 4. The summed E-state index contributed by atoms with van der Waals surface area (Å²) in [6, 6.07) is 23.7. The van der Waals surface area contributed by atoms with E-state index in [0.29, 0.717) is 45.8 Å². The summed E-state index contributed by atoms with van der Waals surface area (Å²) < 4.78 is 29.0. The molecule has 0 radical (unpaired) electrons. The molecule has 0 saturated heterocycles. The number of nitrogens with one attached hydrogen (secondary N) is 2. The van der Waals surface area contributed by atoms with Crippen LogP contribution >= 0.6 is 0 Å². The molecule has 4 aromatic carbocycles. The van der Waals surface area contributed by atoms with Gasteiger partial charge in [-0.2, -0.15) is 0 Å². The molecule has 6 rings (SSSR count). The zero-order valence-corrected chi connectivity index (χ0v) is 24.6. The number of nitrogens with zero attached hydrogens (tertiary/aromatic N) is 3. The van der Waals surface area contributed by atoms with Gasteiger partial charge in [0.15, 0.2) is 0 Å². The monoisotopic (exact) mass is 591 g/mol. The van der Waals surface area contributed by atoms with E-state index in [0.717, 1.165) is 10.8 Å². The zero-order valence-electron chi connectivity index (χ0n) is 24.6. The normalized spacial score (nSPS) is 13.0. The summed E-state index contributed by atoms with van der Waals surface area (Å²) in [6.45, 7) is 3.88. The van der Waals surface area contributed by atoms with Crippen LogP contribution in [0.5, 0.6) is 0 Å². The van der Waals surface area contributed by atoms with Crippen LogP contribution in [0.2, 0.25) is 0 Å². The SMILES string of the molecule is CCC(NC(=O)c1cccc2cc3cccc(F)c3nc12)N(C)C(CC)NC(=O)c1cccc2cc3cccc(F)c3nc12. The lowest BCUT2D eigenvalue weighted by Crippen LogP contribution is -2.55. The quantitative estimate of drug-likeness (QED) is 0.148. The van der Waals surface area contributed by atoms with Crippen LogP contribution in [-0.2, 0) is 0 Å². The zero-order chi connectivity index (χ0) is 31.0. The van der Waals surface area contributed by atoms with Gasteiger partial charge in [-0.15, -0.1) is 0 Å². The van der Waals surface area contributed by atoms with Gasteiger partial charge in [-0.1, -0.05) is 62.4 Å². The molecular weight excluding hydrogens is 560 g/mol. The highest BCUT2D eigenvalue weighted by atomic mass is 19.1. The standard InChI is InChI=1S/C35H31F2N5O2/c1-4-28(38-34(43)24-14-6-10-20-18-22-12-8-16-26(36)32(22)40-30(20)24)42(3)29(5-2)39-35(44)25-15-7-11-21-19-23-13-9-17-27(37)33(23)41-31(21)25/h6-19,28-29H,4-5H2,1-3H3,(H,38,43)(H,39,44). The van der Waals surface area contributed by atoms with E-state index in [-0.39, 0.29) is 22.8 Å². The van der Waals surface area contributed by atoms with Crippen LogP contribution in [0.25, 0.3) is 43.6 Å². The fourth-order valence-electron chi connectivity index (χ4n) is 5.72. The molecule has 2 heterocycles. The van der Waals surface area contributed by atoms with Crippen molar-refractivity contribution in [2.75, 3.05) is 7.05 Å². The molecule has 2 amide bonds. The molecule has 0 saturated carbocycles. The van der Waals surface area contributed by atoms with Crippen LogP contribution in [0.3, 0.4) is 0 Å². The van der Waals surface area contributed by atoms with Gasteiger partial charge in [0.2, 0.25) is 0 Å². The average Bonchev–Trinajstić information content (AvgIpc) is 3.03. The summed E-state index contributed by atoms with van der Waals surface area (Å²) in [5.41, 5.74) is 1.89. The van der Waals surface area contributed by atoms with E-state index in [2.05, 4.69) is 20.6 Å². The predicted molar refractivity (Wildman–Crippen MR) is 169 cm³/mol. The summed E-state index contributed by atoms with van der Waals surface area (Å²) >= 11 is 0. The Hall–Kier alpha value is -5.02. The average molecular weight is 592 g/mol. The third-order valence-corrected chi connectivity index (χ3v) is 8.08. The number of rotatable bonds is 8. The number of fused-ring (bicyclic) bond motifs is 4. The molecular formula is C35H31F2N5O2. The highest BCUT2D eigenvalue weighted by Gasteiger charge is 2.26. The lowest BCUT2D eigenvalue weighted by Gasteiger charge is -2.35. The van der Waals surface area contributed by atoms with Crippen molar-refractivity contribution in [2.45, 2.75) is 39.0 Å². The van der Waals surface area contributed by atoms with Crippen molar-refractivity contribution in [3.63, 3.8) is 0 Å². The summed E-state index contributed by atoms with van der Waals surface area (Å²) in [6.07, 6.45) is 0.212. The van der Waals surface area contributed by atoms with Gasteiger partial charge in [0, 0.05) is 21.5 Å². The maximum absolute atomic E-state index is 14.5. The molecule has 6 aromatic rings. The van der Waals surface area contributed by atoms with Gasteiger partial charge < -0.3 is 10.6 Å². The third kappa shape index (κ3) is 5.31. The Labute approximate surface area is 252 Å². The molecule has 0 bridgehead atoms. The Morgan fingerprint density at radius 1 is 0.636 bits per heavy atom. The van der Waals surface area contributed by atoms with Crippen LogP contribution in [0, 0.1) is 11.6 Å². The second-order valence-corrected chi connectivity index (χ2v) is 10.8. The van der Waals surface area contributed by atoms with Crippen LogP contribution in [0.15, 0.2) is 84.9 Å². The van der Waals surface area contributed by atoms with Gasteiger partial charge in [0.05, 0.1) is 34.5 Å². The minimum absolute atomic E-state index is 0.205. The minimum atomic E-state index is -0.452. The Morgan fingerprint density at radius 3 is 1.39 bits per heavy atom. The minimum Gasteiger partial charge on any atom is -0.336 e. The van der Waals surface area contributed by atoms with Crippen molar-refractivity contribution in [2.24, 2.45) is 0 Å². The first kappa shape index (κ1) is 29.1. The topological polar surface area (TPSA) is 87.2 Å². The number of carbonyl (C=O) groups excluding carboxylic acids is 2. The molecule has 0 fully saturated rings. The molecule has 7 nitrogen and oxygen atoms in total. The van der Waals surface area contributed by atoms with Gasteiger partial charge >= 0.3 is 0 Å². The summed E-state index contributed by atoms with van der Waals surface area (Å²) in [4.78, 5) is 38.1. The smallest absolute Gasteiger partial charge is 0.254 e. The number of hydrogen-bond donors (Lipinski definition) is 2. The number of amides is 2. The summed E-state index contributed by atoms with van der Waals surface area (Å²) in [7, 11) is 1.83. The lowest BCUT2D eigenvalue weighted by molar-refractivity contribution is 0.0701. The molecule has 44 heavy (non-hydrogen) atoms. The maximum Gasteiger partial charge on any atom is 0.254 e. The van der Waals surface area contributed by atoms with Crippen LogP contribution in [0.4, 0.5) is 8.78 Å². The highest BCUT2D eigenvalue weighted by Crippen LogP contribution is 2.26. The molecule has 2 atom stereocenters. The summed E-state index contributed by atoms with van der Waals surface area (Å²) in [5.74, 6) is -1.62. The molecule has 2 N–H and O–H groups in total. The second-order valence-electron chi connectivity index (χ2n) is 10.8. The van der Waals surface area contributed by atoms with Crippen LogP contribution in [0.1, 0.15) is 47.4 Å². The molecule has 0 spiro atoms. The number of hydrogen-bond acceptors (Lipinski definition) is 5. The van der Waals surface area contributed by atoms with Gasteiger partial charge in [0.25, 0.3) is 11.8 Å². The molecule has 2 aromatic heterocycles. The fraction of sp³-hybridized carbons (Fsp3) is 0.200. The van der Waals surface area contributed by atoms with E-state index >= 15 is 0 Å². The van der Waals surface area contributed by atoms with Crippen molar-refractivity contribution in [3.8, 4) is 0 Å². The van der Waals surface area contributed by atoms with E-state index in [4.69, 9.17) is 0 Å². The van der Waals surface area contributed by atoms with E-state index in [1.807, 2.05) is 50.1 Å². The predicted octanol–water partition coefficient (Wildman–Crippen LogP) is 6.93.